The standard InChI is InChI=1S/6CH4N2O.Fe/c6*2-1(3)4;/h6*(H4,2,3,4);/q;;;;;;+3/p+6. The summed E-state index contributed by atoms with van der Waals surface area (Å²) in [5.74, 6) is 0. The molecule has 0 aliphatic heterocycles. The first-order chi connectivity index (χ1) is 10.4. The molecule has 12 amide bonds. The van der Waals surface area contributed by atoms with Crippen LogP contribution >= 0.6 is 0 Å². The second kappa shape index (κ2) is 36.9. The Balaban J connectivity index is -0.0000000309. The van der Waals surface area contributed by atoms with Crippen LogP contribution in [0.4, 0.5) is 0 Å². The van der Waals surface area contributed by atoms with Crippen LogP contribution in [0.1, 0.15) is 0 Å². The largest absolute Gasteiger partial charge is 3.00 e. The molecular weight excluding hydrogens is 392 g/mol. The summed E-state index contributed by atoms with van der Waals surface area (Å²) in [5, 5.41) is 0. The molecule has 0 aliphatic carbocycles. The Morgan fingerprint density at radius 2 is 0.280 bits per heavy atom. The number of amides is 12. The van der Waals surface area contributed by atoms with Crippen LogP contribution in [0, 0.1) is 0 Å². The van der Waals surface area contributed by atoms with E-state index in [9.17, 15) is 0 Å². The van der Waals surface area contributed by atoms with Crippen molar-refractivity contribution < 1.29 is 45.8 Å². The molecule has 0 rings (SSSR count). The zero-order chi connectivity index (χ0) is 21.5. The molecule has 0 spiro atoms. The smallest absolute Gasteiger partial charge is 0.303 e. The zero-order valence-electron chi connectivity index (χ0n) is 13.0. The fourth-order valence-corrected chi connectivity index (χ4v) is 0. The van der Waals surface area contributed by atoms with Gasteiger partial charge in [0.15, 0.2) is 0 Å². The number of hydrogen-bond donors (Lipinski definition) is 12. The van der Waals surface area contributed by atoms with E-state index in [2.05, 4.69) is 68.8 Å². The average molecular weight is 422 g/mol. The van der Waals surface area contributed by atoms with Crippen molar-refractivity contribution in [2.24, 2.45) is 68.8 Å². The normalized spacial score (nSPS) is 5.76. The topological polar surface area (TPSA) is 441 Å². The molecule has 0 atom stereocenters. The van der Waals surface area contributed by atoms with E-state index >= 15 is 0 Å². The van der Waals surface area contributed by atoms with Crippen molar-refractivity contribution >= 4 is 36.2 Å². The number of primary amides is 12. The van der Waals surface area contributed by atoms with Crippen LogP contribution < -0.4 is 68.8 Å². The zero-order valence-corrected chi connectivity index (χ0v) is 14.1. The molecule has 149 valence electrons. The van der Waals surface area contributed by atoms with Crippen molar-refractivity contribution in [3.63, 3.8) is 0 Å². The fraction of sp³-hybridized carbons (Fsp3) is 0. The van der Waals surface area contributed by atoms with Gasteiger partial charge < -0.3 is 68.8 Å². The molecule has 0 saturated heterocycles. The van der Waals surface area contributed by atoms with E-state index in [1.54, 1.807) is 0 Å². The second-order valence-electron chi connectivity index (χ2n) is 2.55. The van der Waals surface area contributed by atoms with E-state index in [4.69, 9.17) is 28.8 Å². The molecule has 0 aliphatic rings. The van der Waals surface area contributed by atoms with Gasteiger partial charge in [0.05, 0.1) is 0 Å². The summed E-state index contributed by atoms with van der Waals surface area (Å²) >= 11 is 0. The van der Waals surface area contributed by atoms with Crippen LogP contribution in [0.15, 0.2) is 0 Å². The Hall–Kier alpha value is -3.86. The quantitative estimate of drug-likeness (QED) is 0.128. The maximum atomic E-state index is 7.53. The van der Waals surface area contributed by atoms with Crippen molar-refractivity contribution in [1.82, 2.24) is 0 Å². The predicted octanol–water partition coefficient (Wildman–Crippen LogP) is -9.82. The number of rotatable bonds is 0. The van der Waals surface area contributed by atoms with Gasteiger partial charge in [0, 0.05) is 0 Å². The molecule has 0 unspecified atom stereocenters. The summed E-state index contributed by atoms with van der Waals surface area (Å²) < 4.78 is 0. The molecule has 0 aromatic rings. The number of carbonyl (C=O) groups excluding carboxylic acids is 6. The van der Waals surface area contributed by atoms with E-state index in [0.29, 0.717) is 0 Å². The average Bonchev–Trinajstić information content (AvgIpc) is 2.08. The van der Waals surface area contributed by atoms with Crippen molar-refractivity contribution in [3.8, 4) is 0 Å². The predicted molar refractivity (Wildman–Crippen MR) is 91.9 cm³/mol. The second-order valence-corrected chi connectivity index (χ2v) is 2.55. The summed E-state index contributed by atoms with van der Waals surface area (Å²) in [6.07, 6.45) is 0. The fourth-order valence-electron chi connectivity index (χ4n) is 0. The summed E-state index contributed by atoms with van der Waals surface area (Å²) in [7, 11) is 0. The van der Waals surface area contributed by atoms with Crippen molar-refractivity contribution in [1.29, 1.82) is 0 Å². The number of hydrogen-bond acceptors (Lipinski definition) is 0. The van der Waals surface area contributed by atoms with Gasteiger partial charge in [0.1, 0.15) is 0 Å². The third-order valence-corrected chi connectivity index (χ3v) is 0. The molecule has 0 fully saturated rings. The van der Waals surface area contributed by atoms with Gasteiger partial charge in [0.25, 0.3) is 0 Å². The molecule has 25 heavy (non-hydrogen) atoms. The Morgan fingerprint density at radius 1 is 0.280 bits per heavy atom. The van der Waals surface area contributed by atoms with Crippen molar-refractivity contribution in [2.75, 3.05) is 0 Å². The Morgan fingerprint density at radius 3 is 0.280 bits per heavy atom. The van der Waals surface area contributed by atoms with Gasteiger partial charge >= 0.3 is 53.3 Å². The summed E-state index contributed by atoms with van der Waals surface area (Å²) in [6, 6.07) is -3.50. The van der Waals surface area contributed by atoms with E-state index in [0.717, 1.165) is 0 Å². The van der Waals surface area contributed by atoms with Crippen LogP contribution in [-0.4, -0.2) is 65.0 Å². The number of urea groups is 6. The third-order valence-electron chi connectivity index (χ3n) is 0. The van der Waals surface area contributed by atoms with E-state index in [1.165, 1.54) is 0 Å². The van der Waals surface area contributed by atoms with E-state index < -0.39 is 36.2 Å². The maximum Gasteiger partial charge on any atom is 3.00 e. The summed E-state index contributed by atoms with van der Waals surface area (Å²) in [6.45, 7) is 0. The van der Waals surface area contributed by atoms with Crippen LogP contribution in [0.2, 0.25) is 0 Å². The van der Waals surface area contributed by atoms with Gasteiger partial charge in [0.2, 0.25) is 0 Å². The van der Waals surface area contributed by atoms with E-state index in [-0.39, 0.29) is 17.1 Å². The minimum absolute atomic E-state index is 0. The molecule has 0 aromatic carbocycles. The Bertz CT molecular complexity index is 273. The molecular formula is C6H30FeN12O6+9. The minimum atomic E-state index is -0.583. The van der Waals surface area contributed by atoms with Gasteiger partial charge in [-0.15, -0.1) is 0 Å². The van der Waals surface area contributed by atoms with Crippen molar-refractivity contribution in [3.05, 3.63) is 0 Å². The Kier molecular flexibility index (Phi) is 63.3. The summed E-state index contributed by atoms with van der Waals surface area (Å²) in [5.41, 5.74) is 52.3. The van der Waals surface area contributed by atoms with Gasteiger partial charge in [-0.2, -0.15) is 0 Å². The maximum absolute atomic E-state index is 7.53. The van der Waals surface area contributed by atoms with Gasteiger partial charge in [-0.25, -0.2) is 28.8 Å². The van der Waals surface area contributed by atoms with Crippen LogP contribution in [-0.2, 0) is 17.1 Å². The molecule has 1 radical (unpaired) electrons. The van der Waals surface area contributed by atoms with Gasteiger partial charge in [-0.05, 0) is 0 Å². The molecule has 0 aromatic heterocycles. The third kappa shape index (κ3) is 445. The van der Waals surface area contributed by atoms with Gasteiger partial charge in [-0.1, -0.05) is 0 Å². The van der Waals surface area contributed by atoms with Crippen LogP contribution in [0.3, 0.4) is 0 Å². The Labute approximate surface area is 151 Å². The van der Waals surface area contributed by atoms with E-state index in [1.807, 2.05) is 0 Å². The number of nitrogens with two attached hydrogens (primary N) is 12. The first-order valence-corrected chi connectivity index (χ1v) is 4.81. The van der Waals surface area contributed by atoms with Crippen LogP contribution in [0.25, 0.3) is 0 Å². The molecule has 30 N–H and O–H groups in total. The molecule has 19 heteroatoms. The molecule has 0 saturated carbocycles. The summed E-state index contributed by atoms with van der Waals surface area (Å²) in [4.78, 5) is 45.2. The molecule has 18 nitrogen and oxygen atoms in total. The first kappa shape index (κ1) is 42.9. The first-order valence-electron chi connectivity index (χ1n) is 4.81. The molecule has 0 bridgehead atoms. The monoisotopic (exact) mass is 422 g/mol. The SMILES string of the molecule is NC(N)=[OH+].NC(N)=[OH+].NC(N)=[OH+].NC(N)=[OH+].NC(N)=[OH+].NC(N)=[OH+].[Fe+3]. The van der Waals surface area contributed by atoms with Crippen molar-refractivity contribution in [2.45, 2.75) is 0 Å². The van der Waals surface area contributed by atoms with Gasteiger partial charge in [-0.3, -0.25) is 0 Å². The van der Waals surface area contributed by atoms with Crippen LogP contribution in [0.5, 0.6) is 0 Å². The molecule has 0 heterocycles. The minimum Gasteiger partial charge on any atom is -0.303 e.